The van der Waals surface area contributed by atoms with E-state index < -0.39 is 8.80 Å². The second-order valence-electron chi connectivity index (χ2n) is 3.97. The zero-order valence-corrected chi connectivity index (χ0v) is 13.4. The van der Waals surface area contributed by atoms with Crippen LogP contribution in [0.5, 0.6) is 0 Å². The summed E-state index contributed by atoms with van der Waals surface area (Å²) in [7, 11) is -2.43. The molecule has 0 aromatic carbocycles. The van der Waals surface area contributed by atoms with Gasteiger partial charge in [-0.1, -0.05) is 0 Å². The van der Waals surface area contributed by atoms with Crippen LogP contribution in [0.15, 0.2) is 16.8 Å². The normalized spacial score (nSPS) is 11.9. The number of hydrogen-bond donors (Lipinski definition) is 0. The maximum atomic E-state index is 5.83. The van der Waals surface area contributed by atoms with Crippen LogP contribution in [0.25, 0.3) is 0 Å². The van der Waals surface area contributed by atoms with Gasteiger partial charge in [-0.2, -0.15) is 11.3 Å². The van der Waals surface area contributed by atoms with Gasteiger partial charge in [-0.15, -0.1) is 0 Å². The minimum absolute atomic E-state index is 0.657. The van der Waals surface area contributed by atoms with Gasteiger partial charge in [-0.3, -0.25) is 0 Å². The molecule has 0 fully saturated rings. The van der Waals surface area contributed by atoms with E-state index in [0.29, 0.717) is 19.8 Å². The predicted octanol–water partition coefficient (Wildman–Crippen LogP) is 3.73. The Kier molecular flexibility index (Phi) is 7.77. The van der Waals surface area contributed by atoms with Crippen molar-refractivity contribution in [3.05, 3.63) is 22.4 Å². The van der Waals surface area contributed by atoms with E-state index in [1.54, 1.807) is 11.3 Å². The van der Waals surface area contributed by atoms with Crippen molar-refractivity contribution < 1.29 is 13.3 Å². The summed E-state index contributed by atoms with van der Waals surface area (Å²) in [5.74, 6) is 0. The van der Waals surface area contributed by atoms with Crippen molar-refractivity contribution in [2.75, 3.05) is 19.8 Å². The van der Waals surface area contributed by atoms with Gasteiger partial charge in [0.15, 0.2) is 0 Å². The van der Waals surface area contributed by atoms with E-state index in [-0.39, 0.29) is 0 Å². The highest BCUT2D eigenvalue weighted by Crippen LogP contribution is 2.20. The van der Waals surface area contributed by atoms with Gasteiger partial charge in [0.05, 0.1) is 0 Å². The van der Waals surface area contributed by atoms with Crippen LogP contribution in [-0.2, 0) is 19.7 Å². The second-order valence-corrected chi connectivity index (χ2v) is 7.48. The van der Waals surface area contributed by atoms with Crippen LogP contribution in [-0.4, -0.2) is 28.6 Å². The molecule has 1 aromatic heterocycles. The zero-order chi connectivity index (χ0) is 13.3. The molecular formula is C13H24O3SSi. The van der Waals surface area contributed by atoms with Gasteiger partial charge in [-0.25, -0.2) is 0 Å². The van der Waals surface area contributed by atoms with Crippen molar-refractivity contribution in [2.24, 2.45) is 0 Å². The average molecular weight is 288 g/mol. The molecule has 104 valence electrons. The highest BCUT2D eigenvalue weighted by molar-refractivity contribution is 7.07. The van der Waals surface area contributed by atoms with Gasteiger partial charge >= 0.3 is 8.80 Å². The lowest BCUT2D eigenvalue weighted by Crippen LogP contribution is -2.46. The van der Waals surface area contributed by atoms with Gasteiger partial charge in [0, 0.05) is 25.9 Å². The molecule has 0 unspecified atom stereocenters. The summed E-state index contributed by atoms with van der Waals surface area (Å²) < 4.78 is 17.5. The smallest absolute Gasteiger partial charge is 0.374 e. The average Bonchev–Trinajstić information content (AvgIpc) is 2.83. The maximum absolute atomic E-state index is 5.83. The highest BCUT2D eigenvalue weighted by atomic mass is 32.1. The standard InChI is InChI=1S/C13H24O3SSi/c1-4-14-18(15-5-2,16-6-3)11-7-8-13-9-10-17-12-13/h9-10,12H,4-8,11H2,1-3H3. The first kappa shape index (κ1) is 15.9. The first-order valence-corrected chi connectivity index (χ1v) is 9.56. The summed E-state index contributed by atoms with van der Waals surface area (Å²) in [4.78, 5) is 0. The van der Waals surface area contributed by atoms with Crippen LogP contribution in [0, 0.1) is 0 Å². The molecule has 0 atom stereocenters. The SMILES string of the molecule is CCO[Si](CCCc1ccsc1)(OCC)OCC. The molecule has 0 N–H and O–H groups in total. The summed E-state index contributed by atoms with van der Waals surface area (Å²) in [6.45, 7) is 7.97. The summed E-state index contributed by atoms with van der Waals surface area (Å²) in [5, 5.41) is 4.32. The van der Waals surface area contributed by atoms with E-state index in [2.05, 4.69) is 16.8 Å². The van der Waals surface area contributed by atoms with Gasteiger partial charge in [-0.05, 0) is 56.0 Å². The van der Waals surface area contributed by atoms with Crippen molar-refractivity contribution in [3.8, 4) is 0 Å². The van der Waals surface area contributed by atoms with E-state index in [1.165, 1.54) is 5.56 Å². The number of rotatable bonds is 10. The third-order valence-electron chi connectivity index (χ3n) is 2.62. The highest BCUT2D eigenvalue weighted by Gasteiger charge is 2.39. The van der Waals surface area contributed by atoms with Crippen LogP contribution in [0.4, 0.5) is 0 Å². The Hall–Kier alpha value is -0.203. The van der Waals surface area contributed by atoms with Crippen LogP contribution in [0.1, 0.15) is 32.8 Å². The molecule has 0 spiro atoms. The Labute approximate surface area is 115 Å². The van der Waals surface area contributed by atoms with E-state index in [1.807, 2.05) is 20.8 Å². The van der Waals surface area contributed by atoms with Gasteiger partial charge in [0.25, 0.3) is 0 Å². The number of hydrogen-bond acceptors (Lipinski definition) is 4. The fourth-order valence-corrected chi connectivity index (χ4v) is 5.26. The third-order valence-corrected chi connectivity index (χ3v) is 6.50. The summed E-state index contributed by atoms with van der Waals surface area (Å²) in [6.07, 6.45) is 2.13. The predicted molar refractivity (Wildman–Crippen MR) is 78.1 cm³/mol. The first-order chi connectivity index (χ1) is 8.76. The van der Waals surface area contributed by atoms with E-state index >= 15 is 0 Å². The van der Waals surface area contributed by atoms with Crippen LogP contribution in [0.2, 0.25) is 6.04 Å². The lowest BCUT2D eigenvalue weighted by Gasteiger charge is -2.28. The molecule has 0 saturated carbocycles. The lowest BCUT2D eigenvalue weighted by molar-refractivity contribution is 0.0708. The van der Waals surface area contributed by atoms with Crippen molar-refractivity contribution in [2.45, 2.75) is 39.7 Å². The Morgan fingerprint density at radius 3 is 2.11 bits per heavy atom. The molecule has 0 bridgehead atoms. The van der Waals surface area contributed by atoms with Crippen LogP contribution in [0.3, 0.4) is 0 Å². The molecule has 0 saturated heterocycles. The third kappa shape index (κ3) is 5.20. The molecule has 0 aliphatic rings. The Morgan fingerprint density at radius 2 is 1.67 bits per heavy atom. The van der Waals surface area contributed by atoms with Crippen molar-refractivity contribution in [3.63, 3.8) is 0 Å². The molecule has 3 nitrogen and oxygen atoms in total. The molecule has 0 amide bonds. The molecular weight excluding hydrogens is 264 g/mol. The van der Waals surface area contributed by atoms with E-state index in [4.69, 9.17) is 13.3 Å². The van der Waals surface area contributed by atoms with Crippen molar-refractivity contribution in [1.29, 1.82) is 0 Å². The van der Waals surface area contributed by atoms with Crippen molar-refractivity contribution in [1.82, 2.24) is 0 Å². The van der Waals surface area contributed by atoms with E-state index in [9.17, 15) is 0 Å². The number of aryl methyl sites for hydroxylation is 1. The van der Waals surface area contributed by atoms with Gasteiger partial charge in [0.2, 0.25) is 0 Å². The summed E-state index contributed by atoms with van der Waals surface area (Å²) in [5.41, 5.74) is 1.40. The first-order valence-electron chi connectivity index (χ1n) is 6.69. The topological polar surface area (TPSA) is 27.7 Å². The van der Waals surface area contributed by atoms with Crippen LogP contribution >= 0.6 is 11.3 Å². The Morgan fingerprint density at radius 1 is 1.06 bits per heavy atom. The second kappa shape index (κ2) is 8.82. The Bertz CT molecular complexity index is 286. The zero-order valence-electron chi connectivity index (χ0n) is 11.6. The molecule has 0 aliphatic carbocycles. The lowest BCUT2D eigenvalue weighted by atomic mass is 10.2. The maximum Gasteiger partial charge on any atom is 0.500 e. The molecule has 1 aromatic rings. The van der Waals surface area contributed by atoms with Gasteiger partial charge < -0.3 is 13.3 Å². The molecule has 1 rings (SSSR count). The molecule has 0 radical (unpaired) electrons. The number of thiophene rings is 1. The van der Waals surface area contributed by atoms with E-state index in [0.717, 1.165) is 18.9 Å². The largest absolute Gasteiger partial charge is 0.500 e. The molecule has 0 aliphatic heterocycles. The fraction of sp³-hybridized carbons (Fsp3) is 0.692. The molecule has 5 heteroatoms. The fourth-order valence-electron chi connectivity index (χ4n) is 1.95. The molecule has 1 heterocycles. The molecule has 18 heavy (non-hydrogen) atoms. The van der Waals surface area contributed by atoms with Gasteiger partial charge in [0.1, 0.15) is 0 Å². The summed E-state index contributed by atoms with van der Waals surface area (Å²) in [6, 6.07) is 3.08. The Balaban J connectivity index is 2.47. The minimum Gasteiger partial charge on any atom is -0.374 e. The van der Waals surface area contributed by atoms with Crippen molar-refractivity contribution >= 4 is 20.1 Å². The monoisotopic (exact) mass is 288 g/mol. The summed E-state index contributed by atoms with van der Waals surface area (Å²) >= 11 is 1.75. The van der Waals surface area contributed by atoms with Crippen LogP contribution < -0.4 is 0 Å². The quantitative estimate of drug-likeness (QED) is 0.614. The minimum atomic E-state index is -2.43.